The second-order valence-electron chi connectivity index (χ2n) is 12.6. The van der Waals surface area contributed by atoms with Gasteiger partial charge in [0, 0.05) is 38.1 Å². The molecule has 0 saturated carbocycles. The second kappa shape index (κ2) is 27.9. The average molecular weight is 714 g/mol. The highest BCUT2D eigenvalue weighted by Crippen LogP contribution is 2.25. The zero-order valence-corrected chi connectivity index (χ0v) is 31.9. The molecule has 0 saturated heterocycles. The topological polar surface area (TPSA) is 80.3 Å². The van der Waals surface area contributed by atoms with E-state index in [0.717, 1.165) is 82.5 Å². The summed E-state index contributed by atoms with van der Waals surface area (Å²) in [6, 6.07) is 19.2. The number of rotatable bonds is 22. The molecule has 2 atom stereocenters. The number of benzene rings is 2. The molecule has 8 heteroatoms. The van der Waals surface area contributed by atoms with Gasteiger partial charge in [-0.2, -0.15) is 13.2 Å². The van der Waals surface area contributed by atoms with Crippen molar-refractivity contribution >= 4 is 29.3 Å². The third kappa shape index (κ3) is 21.2. The number of carbonyl (C=O) groups excluding carboxylic acids is 4. The van der Waals surface area contributed by atoms with Gasteiger partial charge in [0.05, 0.1) is 0 Å². The van der Waals surface area contributed by atoms with Crippen LogP contribution < -0.4 is 5.32 Å². The molecule has 0 aromatic heterocycles. The lowest BCUT2D eigenvalue weighted by Gasteiger charge is -2.17. The maximum atomic E-state index is 13.0. The third-order valence-corrected chi connectivity index (χ3v) is 8.38. The predicted molar refractivity (Wildman–Crippen MR) is 204 cm³/mol. The highest BCUT2D eigenvalue weighted by Gasteiger charge is 2.33. The van der Waals surface area contributed by atoms with Crippen LogP contribution >= 0.6 is 0 Å². The Morgan fingerprint density at radius 1 is 0.843 bits per heavy atom. The summed E-state index contributed by atoms with van der Waals surface area (Å²) in [6.07, 6.45) is 9.43. The number of allylic oxidation sites excluding steroid dienone is 2. The van der Waals surface area contributed by atoms with Crippen LogP contribution in [-0.2, 0) is 25.6 Å². The summed E-state index contributed by atoms with van der Waals surface area (Å²) in [5.41, 5.74) is 5.96. The zero-order chi connectivity index (χ0) is 38.7. The Morgan fingerprint density at radius 3 is 2.00 bits per heavy atom. The van der Waals surface area contributed by atoms with Crippen LogP contribution in [0.2, 0.25) is 0 Å². The number of alkyl halides is 3. The van der Waals surface area contributed by atoms with Crippen LogP contribution in [0.4, 0.5) is 13.2 Å². The van der Waals surface area contributed by atoms with Crippen LogP contribution in [-0.4, -0.2) is 36.5 Å². The number of Topliss-reactive ketones (excluding diaryl/α,β-unsaturated/α-hetero) is 2. The van der Waals surface area contributed by atoms with E-state index < -0.39 is 12.0 Å². The first-order valence-electron chi connectivity index (χ1n) is 18.7. The van der Waals surface area contributed by atoms with Gasteiger partial charge in [0.2, 0.25) is 11.7 Å². The van der Waals surface area contributed by atoms with Crippen molar-refractivity contribution in [3.63, 3.8) is 0 Å². The smallest absolute Gasteiger partial charge is 0.356 e. The van der Waals surface area contributed by atoms with Crippen LogP contribution in [0.3, 0.4) is 0 Å². The predicted octanol–water partition coefficient (Wildman–Crippen LogP) is 11.2. The highest BCUT2D eigenvalue weighted by atomic mass is 19.4. The Morgan fingerprint density at radius 2 is 1.45 bits per heavy atom. The fourth-order valence-electron chi connectivity index (χ4n) is 5.41. The molecule has 2 rings (SSSR count). The molecule has 51 heavy (non-hydrogen) atoms. The Balaban J connectivity index is 0.00000247. The number of hydrogen-bond donors (Lipinski definition) is 1. The first-order chi connectivity index (χ1) is 24.3. The van der Waals surface area contributed by atoms with Gasteiger partial charge >= 0.3 is 6.18 Å². The van der Waals surface area contributed by atoms with Crippen LogP contribution in [0.25, 0.3) is 5.57 Å². The molecule has 2 unspecified atom stereocenters. The summed E-state index contributed by atoms with van der Waals surface area (Å²) in [6.45, 7) is 15.5. The molecular formula is C43H62F3NO4. The van der Waals surface area contributed by atoms with Crippen LogP contribution in [0.1, 0.15) is 135 Å². The largest absolute Gasteiger partial charge is 0.449 e. The number of ketones is 2. The first-order valence-corrected chi connectivity index (χ1v) is 18.7. The van der Waals surface area contributed by atoms with Crippen LogP contribution in [0.5, 0.6) is 0 Å². The Bertz CT molecular complexity index is 1320. The molecule has 0 heterocycles. The van der Waals surface area contributed by atoms with Crippen molar-refractivity contribution in [1.29, 1.82) is 0 Å². The number of hydrogen-bond acceptors (Lipinski definition) is 4. The number of aldehydes is 1. The van der Waals surface area contributed by atoms with E-state index in [1.807, 2.05) is 26.8 Å². The summed E-state index contributed by atoms with van der Waals surface area (Å²) in [4.78, 5) is 45.3. The van der Waals surface area contributed by atoms with Crippen molar-refractivity contribution in [3.05, 3.63) is 89.5 Å². The summed E-state index contributed by atoms with van der Waals surface area (Å²) < 4.78 is 32.5. The number of amides is 1. The summed E-state index contributed by atoms with van der Waals surface area (Å²) in [7, 11) is 0. The molecule has 0 fully saturated rings. The van der Waals surface area contributed by atoms with Gasteiger partial charge in [-0.25, -0.2) is 0 Å². The Hall–Kier alpha value is -3.81. The van der Waals surface area contributed by atoms with Gasteiger partial charge in [-0.15, -0.1) is 0 Å². The number of nitrogens with one attached hydrogen (secondary N) is 1. The van der Waals surface area contributed by atoms with Crippen molar-refractivity contribution in [2.45, 2.75) is 131 Å². The average Bonchev–Trinajstić information content (AvgIpc) is 3.12. The summed E-state index contributed by atoms with van der Waals surface area (Å²) in [5, 5.41) is 3.16. The van der Waals surface area contributed by atoms with Crippen molar-refractivity contribution in [3.8, 4) is 0 Å². The lowest BCUT2D eigenvalue weighted by Crippen LogP contribution is -2.32. The van der Waals surface area contributed by atoms with Gasteiger partial charge in [0.15, 0.2) is 0 Å². The van der Waals surface area contributed by atoms with Gasteiger partial charge in [-0.3, -0.25) is 14.4 Å². The van der Waals surface area contributed by atoms with Crippen molar-refractivity contribution in [1.82, 2.24) is 5.32 Å². The fourth-order valence-corrected chi connectivity index (χ4v) is 5.41. The van der Waals surface area contributed by atoms with E-state index in [1.54, 1.807) is 0 Å². The number of unbranched alkanes of at least 4 members (excludes halogenated alkanes) is 2. The molecule has 2 aromatic rings. The van der Waals surface area contributed by atoms with Gasteiger partial charge in [0.25, 0.3) is 0 Å². The number of halogens is 3. The molecule has 0 aliphatic rings. The maximum absolute atomic E-state index is 13.0. The van der Waals surface area contributed by atoms with E-state index in [4.69, 9.17) is 0 Å². The molecular weight excluding hydrogens is 651 g/mol. The Labute approximate surface area is 305 Å². The molecule has 5 nitrogen and oxygen atoms in total. The van der Waals surface area contributed by atoms with E-state index in [1.165, 1.54) is 22.3 Å². The maximum Gasteiger partial charge on any atom is 0.449 e. The highest BCUT2D eigenvalue weighted by molar-refractivity contribution is 5.82. The molecule has 2 aromatic carbocycles. The first kappa shape index (κ1) is 47.2. The minimum absolute atomic E-state index is 0.0300. The molecule has 0 aliphatic heterocycles. The quantitative estimate of drug-likeness (QED) is 0.0748. The van der Waals surface area contributed by atoms with Crippen LogP contribution in [0, 0.1) is 11.8 Å². The lowest BCUT2D eigenvalue weighted by molar-refractivity contribution is -0.168. The third-order valence-electron chi connectivity index (χ3n) is 8.38. The molecule has 0 aliphatic carbocycles. The van der Waals surface area contributed by atoms with Crippen molar-refractivity contribution < 1.29 is 32.3 Å². The molecule has 0 spiro atoms. The SMILES string of the molecule is C=C(CCC=O)CCCC(C)C(=O)CCCCCNC(=O)C(CCC)Cc1ccc(/C(=C\CC)c2ccccc2)cc1.CC.CC(=O)C(F)(F)F. The number of carbonyl (C=O) groups is 4. The second-order valence-corrected chi connectivity index (χ2v) is 12.6. The van der Waals surface area contributed by atoms with Crippen LogP contribution in [0.15, 0.2) is 72.8 Å². The van der Waals surface area contributed by atoms with Gasteiger partial charge in [-0.05, 0) is 80.1 Å². The Kier molecular flexibility index (Phi) is 25.8. The standard InChI is InChI=1S/C38H53NO3.C3H3F3O.C2H6/c1-5-15-35(29-32-23-25-34(26-24-32)36(16-6-2)33-20-9-7-10-21-33)38(42)39-27-12-8-11-22-37(41)31(4)19-13-17-30(3)18-14-28-40;1-2(7)3(4,5)6;1-2/h7,9-10,16,20-21,23-26,28,31,35H,3,5-6,8,11-15,17-19,22,27,29H2,1-2,4H3,(H,39,42);1H3;1-2H3/b36-16-;;. The van der Waals surface area contributed by atoms with Gasteiger partial charge < -0.3 is 10.1 Å². The van der Waals surface area contributed by atoms with E-state index in [9.17, 15) is 32.3 Å². The summed E-state index contributed by atoms with van der Waals surface area (Å²) in [5.74, 6) is -1.26. The van der Waals surface area contributed by atoms with E-state index in [-0.39, 0.29) is 17.7 Å². The minimum Gasteiger partial charge on any atom is -0.356 e. The normalized spacial score (nSPS) is 12.3. The van der Waals surface area contributed by atoms with Crippen molar-refractivity contribution in [2.24, 2.45) is 11.8 Å². The summed E-state index contributed by atoms with van der Waals surface area (Å²) >= 11 is 0. The fraction of sp³-hybridized carbons (Fsp3) is 0.535. The molecule has 284 valence electrons. The minimum atomic E-state index is -4.64. The zero-order valence-electron chi connectivity index (χ0n) is 31.9. The van der Waals surface area contributed by atoms with E-state index in [0.29, 0.717) is 32.1 Å². The van der Waals surface area contributed by atoms with E-state index >= 15 is 0 Å². The van der Waals surface area contributed by atoms with E-state index in [2.05, 4.69) is 80.4 Å². The molecule has 0 radical (unpaired) electrons. The van der Waals surface area contributed by atoms with Crippen molar-refractivity contribution in [2.75, 3.05) is 6.54 Å². The van der Waals surface area contributed by atoms with Gasteiger partial charge in [-0.1, -0.05) is 120 Å². The monoisotopic (exact) mass is 713 g/mol. The molecule has 1 N–H and O–H groups in total. The lowest BCUT2D eigenvalue weighted by atomic mass is 9.91. The molecule has 0 bridgehead atoms. The molecule has 1 amide bonds. The van der Waals surface area contributed by atoms with Gasteiger partial charge in [0.1, 0.15) is 12.1 Å².